The highest BCUT2D eigenvalue weighted by Crippen LogP contribution is 2.31. The molecule has 3 heterocycles. The predicted octanol–water partition coefficient (Wildman–Crippen LogP) is 1.92. The van der Waals surface area contributed by atoms with Crippen molar-refractivity contribution in [1.82, 2.24) is 19.9 Å². The number of aromatic nitrogens is 3. The summed E-state index contributed by atoms with van der Waals surface area (Å²) < 4.78 is 20.1. The number of methoxy groups -OCH3 is 1. The van der Waals surface area contributed by atoms with Crippen molar-refractivity contribution in [3.63, 3.8) is 0 Å². The van der Waals surface area contributed by atoms with Crippen LogP contribution in [0.15, 0.2) is 35.4 Å². The van der Waals surface area contributed by atoms with Crippen LogP contribution < -0.4 is 25.8 Å². The van der Waals surface area contributed by atoms with Crippen LogP contribution in [-0.2, 0) is 7.05 Å². The van der Waals surface area contributed by atoms with Gasteiger partial charge in [-0.25, -0.2) is 9.37 Å². The van der Waals surface area contributed by atoms with E-state index in [-0.39, 0.29) is 11.7 Å². The number of piperidine rings is 1. The number of halogens is 1. The van der Waals surface area contributed by atoms with E-state index >= 15 is 0 Å². The second-order valence-corrected chi connectivity index (χ2v) is 7.75. The second kappa shape index (κ2) is 8.91. The van der Waals surface area contributed by atoms with Crippen LogP contribution >= 0.6 is 0 Å². The van der Waals surface area contributed by atoms with E-state index in [9.17, 15) is 14.0 Å². The Morgan fingerprint density at radius 2 is 2.03 bits per heavy atom. The lowest BCUT2D eigenvalue weighted by molar-refractivity contribution is 0.102. The first kappa shape index (κ1) is 21.7. The molecule has 1 aliphatic heterocycles. The summed E-state index contributed by atoms with van der Waals surface area (Å²) in [4.78, 5) is 35.6. The van der Waals surface area contributed by atoms with Gasteiger partial charge in [-0.2, -0.15) is 4.98 Å². The van der Waals surface area contributed by atoms with Crippen LogP contribution in [0.25, 0.3) is 10.9 Å². The third-order valence-electron chi connectivity index (χ3n) is 5.77. The summed E-state index contributed by atoms with van der Waals surface area (Å²) in [6.45, 7) is 1.74. The van der Waals surface area contributed by atoms with E-state index in [2.05, 4.69) is 25.5 Å². The first-order valence-corrected chi connectivity index (χ1v) is 10.3. The van der Waals surface area contributed by atoms with Crippen molar-refractivity contribution in [2.75, 3.05) is 37.5 Å². The zero-order valence-electron chi connectivity index (χ0n) is 18.2. The summed E-state index contributed by atoms with van der Waals surface area (Å²) in [7, 11) is 4.85. The lowest BCUT2D eigenvalue weighted by Gasteiger charge is -2.34. The number of ether oxygens (including phenoxy) is 1. The zero-order valence-corrected chi connectivity index (χ0v) is 18.2. The molecule has 0 aliphatic carbocycles. The number of hydrogen-bond acceptors (Lipinski definition) is 7. The molecular weight excluding hydrogens is 415 g/mol. The number of carbonyl (C=O) groups is 1. The van der Waals surface area contributed by atoms with E-state index < -0.39 is 17.3 Å². The summed E-state index contributed by atoms with van der Waals surface area (Å²) in [5, 5.41) is 6.69. The van der Waals surface area contributed by atoms with E-state index in [4.69, 9.17) is 4.74 Å². The fraction of sp³-hybridized carbons (Fsp3) is 0.364. The Labute approximate surface area is 184 Å². The average Bonchev–Trinajstić information content (AvgIpc) is 2.81. The van der Waals surface area contributed by atoms with Gasteiger partial charge in [-0.1, -0.05) is 0 Å². The first-order chi connectivity index (χ1) is 15.4. The number of nitrogens with one attached hydrogen (secondary N) is 2. The molecule has 32 heavy (non-hydrogen) atoms. The van der Waals surface area contributed by atoms with Crippen molar-refractivity contribution in [3.05, 3.63) is 52.3 Å². The minimum absolute atomic E-state index is 0.144. The van der Waals surface area contributed by atoms with Crippen molar-refractivity contribution >= 4 is 28.2 Å². The third-order valence-corrected chi connectivity index (χ3v) is 5.77. The molecule has 2 aromatic heterocycles. The number of fused-ring (bicyclic) bond motifs is 1. The van der Waals surface area contributed by atoms with Gasteiger partial charge in [-0.3, -0.25) is 9.59 Å². The van der Waals surface area contributed by atoms with Gasteiger partial charge in [-0.05, 0) is 32.0 Å². The summed E-state index contributed by atoms with van der Waals surface area (Å²) in [6.07, 6.45) is 5.04. The van der Waals surface area contributed by atoms with Gasteiger partial charge in [0.15, 0.2) is 5.82 Å². The van der Waals surface area contributed by atoms with E-state index in [1.807, 2.05) is 13.1 Å². The molecule has 1 aromatic carbocycles. The van der Waals surface area contributed by atoms with Crippen LogP contribution in [0.4, 0.5) is 15.8 Å². The lowest BCUT2D eigenvalue weighted by atomic mass is 10.0. The Bertz CT molecular complexity index is 1190. The maximum absolute atomic E-state index is 13.8. The van der Waals surface area contributed by atoms with Crippen LogP contribution in [0.2, 0.25) is 0 Å². The molecule has 0 radical (unpaired) electrons. The highest BCUT2D eigenvalue weighted by atomic mass is 19.1. The van der Waals surface area contributed by atoms with Gasteiger partial charge in [0.1, 0.15) is 0 Å². The molecule has 1 aliphatic rings. The molecule has 4 rings (SSSR count). The molecule has 3 aromatic rings. The van der Waals surface area contributed by atoms with E-state index in [1.54, 1.807) is 12.3 Å². The van der Waals surface area contributed by atoms with Crippen molar-refractivity contribution in [2.24, 2.45) is 7.05 Å². The fourth-order valence-electron chi connectivity index (χ4n) is 3.99. The first-order valence-electron chi connectivity index (χ1n) is 10.3. The van der Waals surface area contributed by atoms with Gasteiger partial charge in [0, 0.05) is 55.7 Å². The molecule has 0 bridgehead atoms. The fourth-order valence-corrected chi connectivity index (χ4v) is 3.99. The second-order valence-electron chi connectivity index (χ2n) is 7.75. The number of pyridine rings is 1. The summed E-state index contributed by atoms with van der Waals surface area (Å²) in [5.74, 6) is -1.42. The number of anilines is 2. The Kier molecular flexibility index (Phi) is 6.04. The molecule has 168 valence electrons. The van der Waals surface area contributed by atoms with Gasteiger partial charge in [0.2, 0.25) is 0 Å². The number of nitrogens with zero attached hydrogens (tertiary/aromatic N) is 4. The summed E-state index contributed by atoms with van der Waals surface area (Å²) >= 11 is 0. The zero-order chi connectivity index (χ0) is 22.8. The van der Waals surface area contributed by atoms with Crippen LogP contribution in [0.5, 0.6) is 6.01 Å². The van der Waals surface area contributed by atoms with Gasteiger partial charge in [-0.15, -0.1) is 0 Å². The van der Waals surface area contributed by atoms with Crippen molar-refractivity contribution in [1.29, 1.82) is 0 Å². The SMILES string of the molecule is CNC1CCN(c2ccc(C(=O)Nc3cc(F)c(=O)n(C)c3)c3nc(OC)ncc23)CC1. The van der Waals surface area contributed by atoms with Gasteiger partial charge < -0.3 is 24.8 Å². The summed E-state index contributed by atoms with van der Waals surface area (Å²) in [5.41, 5.74) is 1.08. The molecule has 0 unspecified atom stereocenters. The van der Waals surface area contributed by atoms with Crippen LogP contribution in [0.3, 0.4) is 0 Å². The number of rotatable bonds is 5. The number of hydrogen-bond donors (Lipinski definition) is 2. The maximum atomic E-state index is 13.8. The van der Waals surface area contributed by atoms with E-state index in [0.717, 1.165) is 47.6 Å². The number of amides is 1. The largest absolute Gasteiger partial charge is 0.467 e. The minimum atomic E-state index is -0.945. The quantitative estimate of drug-likeness (QED) is 0.625. The Morgan fingerprint density at radius 3 is 2.69 bits per heavy atom. The monoisotopic (exact) mass is 440 g/mol. The highest BCUT2D eigenvalue weighted by Gasteiger charge is 2.22. The topological polar surface area (TPSA) is 101 Å². The molecule has 1 amide bonds. The van der Waals surface area contributed by atoms with Gasteiger partial charge in [0.25, 0.3) is 11.5 Å². The standard InChI is InChI=1S/C22H25FN6O3/c1-24-13-6-8-29(9-7-13)18-5-4-15(19-16(18)11-25-22(27-19)32-3)20(30)26-14-10-17(23)21(31)28(2)12-14/h4-5,10-13,24H,6-9H2,1-3H3,(H,26,30). The number of benzene rings is 1. The molecule has 0 saturated carbocycles. The molecule has 0 spiro atoms. The lowest BCUT2D eigenvalue weighted by Crippen LogP contribution is -2.41. The van der Waals surface area contributed by atoms with Crippen LogP contribution in [0.1, 0.15) is 23.2 Å². The van der Waals surface area contributed by atoms with Crippen LogP contribution in [0, 0.1) is 5.82 Å². The molecule has 1 fully saturated rings. The Balaban J connectivity index is 1.72. The molecule has 1 saturated heterocycles. The minimum Gasteiger partial charge on any atom is -0.467 e. The molecule has 9 nitrogen and oxygen atoms in total. The Hall–Kier alpha value is -3.53. The van der Waals surface area contributed by atoms with Crippen molar-refractivity contribution < 1.29 is 13.9 Å². The van der Waals surface area contributed by atoms with E-state index in [0.29, 0.717) is 17.1 Å². The maximum Gasteiger partial charge on any atom is 0.316 e. The predicted molar refractivity (Wildman–Crippen MR) is 120 cm³/mol. The van der Waals surface area contributed by atoms with Crippen LogP contribution in [-0.4, -0.2) is 53.7 Å². The van der Waals surface area contributed by atoms with Crippen molar-refractivity contribution in [2.45, 2.75) is 18.9 Å². The number of carbonyl (C=O) groups excluding carboxylic acids is 1. The highest BCUT2D eigenvalue weighted by molar-refractivity contribution is 6.13. The summed E-state index contributed by atoms with van der Waals surface area (Å²) in [6, 6.07) is 5.21. The molecule has 0 atom stereocenters. The number of aryl methyl sites for hydroxylation is 1. The molecular formula is C22H25FN6O3. The normalized spacial score (nSPS) is 14.6. The van der Waals surface area contributed by atoms with Gasteiger partial charge >= 0.3 is 6.01 Å². The molecule has 10 heteroatoms. The van der Waals surface area contributed by atoms with E-state index in [1.165, 1.54) is 20.4 Å². The average molecular weight is 440 g/mol. The Morgan fingerprint density at radius 1 is 1.28 bits per heavy atom. The van der Waals surface area contributed by atoms with Gasteiger partial charge in [0.05, 0.1) is 23.9 Å². The molecule has 2 N–H and O–H groups in total. The third kappa shape index (κ3) is 4.13. The smallest absolute Gasteiger partial charge is 0.316 e. The van der Waals surface area contributed by atoms with Crippen molar-refractivity contribution in [3.8, 4) is 6.01 Å².